The van der Waals surface area contributed by atoms with E-state index in [1.54, 1.807) is 11.0 Å². The Morgan fingerprint density at radius 2 is 2.16 bits per heavy atom. The predicted octanol–water partition coefficient (Wildman–Crippen LogP) is 3.59. The van der Waals surface area contributed by atoms with Crippen LogP contribution in [0.1, 0.15) is 44.9 Å². The van der Waals surface area contributed by atoms with Gasteiger partial charge in [0.05, 0.1) is 12.2 Å². The van der Waals surface area contributed by atoms with Crippen LogP contribution in [0.25, 0.3) is 0 Å². The van der Waals surface area contributed by atoms with Crippen molar-refractivity contribution < 1.29 is 9.53 Å². The Hall–Kier alpha value is -1.29. The summed E-state index contributed by atoms with van der Waals surface area (Å²) in [5.74, 6) is 0.162. The lowest BCUT2D eigenvalue weighted by Gasteiger charge is -2.33. The smallest absolute Gasteiger partial charge is 0.410 e. The van der Waals surface area contributed by atoms with Crippen molar-refractivity contribution in [1.82, 2.24) is 9.88 Å². The minimum absolute atomic E-state index is 0.162. The van der Waals surface area contributed by atoms with Crippen molar-refractivity contribution in [3.8, 4) is 0 Å². The van der Waals surface area contributed by atoms with Crippen LogP contribution in [0, 0.1) is 0 Å². The van der Waals surface area contributed by atoms with E-state index in [1.165, 1.54) is 0 Å². The van der Waals surface area contributed by atoms with Gasteiger partial charge in [0, 0.05) is 12.5 Å². The van der Waals surface area contributed by atoms with Crippen molar-refractivity contribution in [2.45, 2.75) is 45.8 Å². The second-order valence-corrected chi connectivity index (χ2v) is 6.33. The molecule has 0 radical (unpaired) electrons. The molecule has 1 atom stereocenters. The third-order valence-corrected chi connectivity index (χ3v) is 3.16. The average Bonchev–Trinajstić information content (AvgIpc) is 2.27. The number of fused-ring (bicyclic) bond motifs is 1. The third-order valence-electron chi connectivity index (χ3n) is 2.95. The quantitative estimate of drug-likeness (QED) is 0.683. The molecular weight excluding hydrogens is 264 g/mol. The molecule has 104 valence electrons. The molecule has 5 heteroatoms. The van der Waals surface area contributed by atoms with E-state index in [9.17, 15) is 4.79 Å². The van der Waals surface area contributed by atoms with Gasteiger partial charge < -0.3 is 9.64 Å². The first-order valence-electron chi connectivity index (χ1n) is 6.39. The predicted molar refractivity (Wildman–Crippen MR) is 74.3 cm³/mol. The molecular formula is C14H19ClN2O2. The summed E-state index contributed by atoms with van der Waals surface area (Å²) in [5.41, 5.74) is 1.54. The van der Waals surface area contributed by atoms with E-state index < -0.39 is 5.60 Å². The van der Waals surface area contributed by atoms with Crippen molar-refractivity contribution >= 4 is 17.7 Å². The van der Waals surface area contributed by atoms with Crippen LogP contribution < -0.4 is 0 Å². The highest BCUT2D eigenvalue weighted by atomic mass is 35.5. The van der Waals surface area contributed by atoms with E-state index >= 15 is 0 Å². The van der Waals surface area contributed by atoms with Crippen molar-refractivity contribution in [2.24, 2.45) is 0 Å². The van der Waals surface area contributed by atoms with E-state index in [2.05, 4.69) is 4.98 Å². The minimum atomic E-state index is -0.473. The fourth-order valence-electron chi connectivity index (χ4n) is 2.19. The molecule has 0 fully saturated rings. The molecule has 0 saturated heterocycles. The van der Waals surface area contributed by atoms with Gasteiger partial charge in [0.25, 0.3) is 0 Å². The van der Waals surface area contributed by atoms with Crippen molar-refractivity contribution in [2.75, 3.05) is 6.54 Å². The Bertz CT molecular complexity index is 497. The van der Waals surface area contributed by atoms with Gasteiger partial charge in [0.2, 0.25) is 0 Å². The number of ether oxygens (including phenoxy) is 1. The Morgan fingerprint density at radius 1 is 1.47 bits per heavy atom. The molecule has 1 aromatic rings. The standard InChI is InChI=1S/C14H19ClN2O2/c1-9-7-17(13(18)19-14(2,3)4)8-10-5-6-11(15)16-12(9)10/h5-6,9H,7-8H2,1-4H3/t9-/m0/s1. The molecule has 1 aliphatic heterocycles. The van der Waals surface area contributed by atoms with E-state index in [0.29, 0.717) is 18.2 Å². The maximum Gasteiger partial charge on any atom is 0.410 e. The molecule has 0 spiro atoms. The summed E-state index contributed by atoms with van der Waals surface area (Å²) in [6.45, 7) is 8.78. The monoisotopic (exact) mass is 282 g/mol. The molecule has 0 unspecified atom stereocenters. The van der Waals surface area contributed by atoms with Crippen LogP contribution in [0.3, 0.4) is 0 Å². The number of rotatable bonds is 0. The molecule has 2 rings (SSSR count). The second kappa shape index (κ2) is 5.00. The summed E-state index contributed by atoms with van der Waals surface area (Å²) in [6.07, 6.45) is -0.278. The van der Waals surface area contributed by atoms with Crippen LogP contribution in [-0.4, -0.2) is 28.1 Å². The van der Waals surface area contributed by atoms with Crippen molar-refractivity contribution in [3.05, 3.63) is 28.5 Å². The van der Waals surface area contributed by atoms with Gasteiger partial charge in [-0.15, -0.1) is 0 Å². The first-order valence-corrected chi connectivity index (χ1v) is 6.77. The van der Waals surface area contributed by atoms with Crippen LogP contribution in [-0.2, 0) is 11.3 Å². The van der Waals surface area contributed by atoms with Gasteiger partial charge in [-0.25, -0.2) is 9.78 Å². The molecule has 0 bridgehead atoms. The summed E-state index contributed by atoms with van der Waals surface area (Å²) in [6, 6.07) is 3.68. The number of hydrogen-bond acceptors (Lipinski definition) is 3. The number of halogens is 1. The maximum atomic E-state index is 12.1. The third kappa shape index (κ3) is 3.38. The molecule has 4 nitrogen and oxygen atoms in total. The average molecular weight is 283 g/mol. The Morgan fingerprint density at radius 3 is 2.79 bits per heavy atom. The van der Waals surface area contributed by atoms with Crippen LogP contribution in [0.4, 0.5) is 4.79 Å². The van der Waals surface area contributed by atoms with Gasteiger partial charge in [0.15, 0.2) is 0 Å². The van der Waals surface area contributed by atoms with Crippen LogP contribution in [0.15, 0.2) is 12.1 Å². The number of nitrogens with zero attached hydrogens (tertiary/aromatic N) is 2. The fourth-order valence-corrected chi connectivity index (χ4v) is 2.35. The maximum absolute atomic E-state index is 12.1. The SMILES string of the molecule is C[C@H]1CN(C(=O)OC(C)(C)C)Cc2ccc(Cl)nc21. The van der Waals surface area contributed by atoms with Crippen molar-refractivity contribution in [1.29, 1.82) is 0 Å². The highest BCUT2D eigenvalue weighted by molar-refractivity contribution is 6.29. The van der Waals surface area contributed by atoms with Gasteiger partial charge in [-0.05, 0) is 32.4 Å². The molecule has 0 N–H and O–H groups in total. The Labute approximate surface area is 118 Å². The van der Waals surface area contributed by atoms with Crippen LogP contribution >= 0.6 is 11.6 Å². The largest absolute Gasteiger partial charge is 0.444 e. The van der Waals surface area contributed by atoms with Gasteiger partial charge >= 0.3 is 6.09 Å². The van der Waals surface area contributed by atoms with E-state index in [1.807, 2.05) is 33.8 Å². The zero-order chi connectivity index (χ0) is 14.2. The number of carbonyl (C=O) groups is 1. The van der Waals surface area contributed by atoms with Gasteiger partial charge in [0.1, 0.15) is 10.8 Å². The normalized spacial score (nSPS) is 19.0. The highest BCUT2D eigenvalue weighted by Crippen LogP contribution is 2.28. The van der Waals surface area contributed by atoms with Gasteiger partial charge in [-0.3, -0.25) is 0 Å². The molecule has 1 amide bonds. The summed E-state index contributed by atoms with van der Waals surface area (Å²) in [5, 5.41) is 0.497. The lowest BCUT2D eigenvalue weighted by molar-refractivity contribution is 0.0207. The summed E-state index contributed by atoms with van der Waals surface area (Å²) < 4.78 is 5.40. The molecule has 0 aliphatic carbocycles. The van der Waals surface area contributed by atoms with E-state index in [4.69, 9.17) is 16.3 Å². The Kier molecular flexibility index (Phi) is 3.72. The molecule has 19 heavy (non-hydrogen) atoms. The number of amides is 1. The second-order valence-electron chi connectivity index (χ2n) is 5.94. The van der Waals surface area contributed by atoms with Crippen LogP contribution in [0.2, 0.25) is 5.15 Å². The molecule has 2 heterocycles. The zero-order valence-electron chi connectivity index (χ0n) is 11.7. The lowest BCUT2D eigenvalue weighted by Crippen LogP contribution is -2.41. The number of hydrogen-bond donors (Lipinski definition) is 0. The van der Waals surface area contributed by atoms with Gasteiger partial charge in [-0.2, -0.15) is 0 Å². The summed E-state index contributed by atoms with van der Waals surface area (Å²) in [4.78, 5) is 18.2. The minimum Gasteiger partial charge on any atom is -0.444 e. The highest BCUT2D eigenvalue weighted by Gasteiger charge is 2.29. The first kappa shape index (κ1) is 14.1. The fraction of sp³-hybridized carbons (Fsp3) is 0.571. The van der Waals surface area contributed by atoms with Gasteiger partial charge in [-0.1, -0.05) is 24.6 Å². The number of aromatic nitrogens is 1. The van der Waals surface area contributed by atoms with Crippen molar-refractivity contribution in [3.63, 3.8) is 0 Å². The lowest BCUT2D eigenvalue weighted by atomic mass is 9.97. The number of pyridine rings is 1. The number of carbonyl (C=O) groups excluding carboxylic acids is 1. The summed E-state index contributed by atoms with van der Waals surface area (Å²) >= 11 is 5.91. The van der Waals surface area contributed by atoms with E-state index in [-0.39, 0.29) is 12.0 Å². The summed E-state index contributed by atoms with van der Waals surface area (Å²) in [7, 11) is 0. The molecule has 0 saturated carbocycles. The first-order chi connectivity index (χ1) is 8.76. The Balaban J connectivity index is 2.17. The molecule has 1 aliphatic rings. The topological polar surface area (TPSA) is 42.4 Å². The molecule has 1 aromatic heterocycles. The van der Waals surface area contributed by atoms with E-state index in [0.717, 1.165) is 11.3 Å². The van der Waals surface area contributed by atoms with Crippen LogP contribution in [0.5, 0.6) is 0 Å². The molecule has 0 aromatic carbocycles. The zero-order valence-corrected chi connectivity index (χ0v) is 12.5.